The minimum absolute atomic E-state index is 0.0305. The molecule has 0 saturated carbocycles. The zero-order valence-electron chi connectivity index (χ0n) is 15.6. The number of pyridine rings is 1. The molecule has 0 saturated heterocycles. The van der Waals surface area contributed by atoms with Gasteiger partial charge < -0.3 is 15.4 Å². The number of nitro benzene ring substituents is 1. The van der Waals surface area contributed by atoms with Crippen LogP contribution in [0.5, 0.6) is 5.75 Å². The molecule has 3 aromatic rings. The first-order chi connectivity index (χ1) is 13.5. The topological polar surface area (TPSA) is 106 Å². The monoisotopic (exact) mass is 380 g/mol. The molecule has 8 nitrogen and oxygen atoms in total. The number of hydrogen-bond donors (Lipinski definition) is 2. The lowest BCUT2D eigenvalue weighted by molar-refractivity contribution is -0.383. The van der Waals surface area contributed by atoms with Crippen LogP contribution in [-0.4, -0.2) is 36.0 Å². The normalized spacial score (nSPS) is 10.5. The van der Waals surface area contributed by atoms with Gasteiger partial charge in [0.05, 0.1) is 12.0 Å². The van der Waals surface area contributed by atoms with E-state index in [2.05, 4.69) is 15.6 Å². The molecule has 28 heavy (non-hydrogen) atoms. The number of nitrogens with one attached hydrogen (secondary N) is 2. The van der Waals surface area contributed by atoms with Crippen molar-refractivity contribution in [2.75, 3.05) is 25.5 Å². The number of aromatic nitrogens is 1. The molecule has 1 aromatic heterocycles. The lowest BCUT2D eigenvalue weighted by atomic mass is 10.1. The zero-order valence-corrected chi connectivity index (χ0v) is 15.6. The van der Waals surface area contributed by atoms with E-state index in [1.165, 1.54) is 6.07 Å². The number of nitrogens with zero attached hydrogens (tertiary/aromatic N) is 2. The highest BCUT2D eigenvalue weighted by Crippen LogP contribution is 2.29. The van der Waals surface area contributed by atoms with E-state index >= 15 is 0 Å². The Morgan fingerprint density at radius 1 is 1.18 bits per heavy atom. The molecule has 0 aliphatic rings. The van der Waals surface area contributed by atoms with Gasteiger partial charge in [-0.25, -0.2) is 4.98 Å². The van der Waals surface area contributed by atoms with Crippen LogP contribution < -0.4 is 15.4 Å². The molecule has 144 valence electrons. The first-order valence-corrected chi connectivity index (χ1v) is 8.70. The molecule has 0 unspecified atom stereocenters. The number of nitro groups is 1. The Morgan fingerprint density at radius 2 is 1.93 bits per heavy atom. The van der Waals surface area contributed by atoms with Crippen LogP contribution in [0.2, 0.25) is 0 Å². The summed E-state index contributed by atoms with van der Waals surface area (Å²) in [6.07, 6.45) is 0. The quantitative estimate of drug-likeness (QED) is 0.370. The third kappa shape index (κ3) is 4.17. The maximum Gasteiger partial charge on any atom is 0.295 e. The minimum Gasteiger partial charge on any atom is -0.497 e. The summed E-state index contributed by atoms with van der Waals surface area (Å²) >= 11 is 0. The molecule has 0 atom stereocenters. The number of aryl methyl sites for hydroxylation is 1. The van der Waals surface area contributed by atoms with Crippen molar-refractivity contribution in [3.63, 3.8) is 0 Å². The highest BCUT2D eigenvalue weighted by Gasteiger charge is 2.15. The SMILES string of the molecule is COc1ccc(C(=O)NCCNc2cc(C)nc3c([N+](=O)[O-])cccc23)cc1. The van der Waals surface area contributed by atoms with Gasteiger partial charge in [-0.3, -0.25) is 14.9 Å². The Labute approximate surface area is 161 Å². The number of amides is 1. The summed E-state index contributed by atoms with van der Waals surface area (Å²) in [5.74, 6) is 0.503. The number of para-hydroxylation sites is 1. The summed E-state index contributed by atoms with van der Waals surface area (Å²) in [7, 11) is 1.57. The van der Waals surface area contributed by atoms with E-state index < -0.39 is 4.92 Å². The molecule has 3 rings (SSSR count). The van der Waals surface area contributed by atoms with Gasteiger partial charge in [-0.1, -0.05) is 12.1 Å². The van der Waals surface area contributed by atoms with E-state index in [1.54, 1.807) is 50.4 Å². The van der Waals surface area contributed by atoms with Crippen LogP contribution in [-0.2, 0) is 0 Å². The first kappa shape index (κ1) is 19.1. The maximum atomic E-state index is 12.2. The standard InChI is InChI=1S/C20H20N4O4/c1-13-12-17(16-4-3-5-18(24(26)27)19(16)23-13)21-10-11-22-20(25)14-6-8-15(28-2)9-7-14/h3-9,12H,10-11H2,1-2H3,(H,21,23)(H,22,25). The second-order valence-electron chi connectivity index (χ2n) is 6.15. The summed E-state index contributed by atoms with van der Waals surface area (Å²) in [6, 6.07) is 13.5. The van der Waals surface area contributed by atoms with Crippen molar-refractivity contribution in [2.45, 2.75) is 6.92 Å². The largest absolute Gasteiger partial charge is 0.497 e. The molecular formula is C20H20N4O4. The highest BCUT2D eigenvalue weighted by molar-refractivity contribution is 5.97. The van der Waals surface area contributed by atoms with Gasteiger partial charge >= 0.3 is 0 Å². The molecule has 0 aliphatic carbocycles. The number of carbonyl (C=O) groups is 1. The number of methoxy groups -OCH3 is 1. The molecule has 1 amide bonds. The number of anilines is 1. The second kappa shape index (κ2) is 8.34. The Bertz CT molecular complexity index is 1020. The number of hydrogen-bond acceptors (Lipinski definition) is 6. The van der Waals surface area contributed by atoms with Crippen LogP contribution in [0, 0.1) is 17.0 Å². The summed E-state index contributed by atoms with van der Waals surface area (Å²) in [4.78, 5) is 27.3. The zero-order chi connectivity index (χ0) is 20.1. The van der Waals surface area contributed by atoms with Crippen molar-refractivity contribution in [3.8, 4) is 5.75 Å². The van der Waals surface area contributed by atoms with Crippen LogP contribution >= 0.6 is 0 Å². The number of carbonyl (C=O) groups excluding carboxylic acids is 1. The fourth-order valence-corrected chi connectivity index (χ4v) is 2.87. The van der Waals surface area contributed by atoms with Gasteiger partial charge in [-0.2, -0.15) is 0 Å². The van der Waals surface area contributed by atoms with Crippen LogP contribution in [0.15, 0.2) is 48.5 Å². The lowest BCUT2D eigenvalue weighted by Crippen LogP contribution is -2.28. The molecular weight excluding hydrogens is 360 g/mol. The van der Waals surface area contributed by atoms with Gasteiger partial charge in [0, 0.05) is 41.5 Å². The van der Waals surface area contributed by atoms with E-state index in [0.29, 0.717) is 41.0 Å². The number of fused-ring (bicyclic) bond motifs is 1. The average molecular weight is 380 g/mol. The van der Waals surface area contributed by atoms with Crippen molar-refractivity contribution in [1.29, 1.82) is 0 Å². The number of ether oxygens (including phenoxy) is 1. The Hall–Kier alpha value is -3.68. The van der Waals surface area contributed by atoms with Gasteiger partial charge in [0.2, 0.25) is 0 Å². The summed E-state index contributed by atoms with van der Waals surface area (Å²) < 4.78 is 5.08. The van der Waals surface area contributed by atoms with Crippen molar-refractivity contribution in [3.05, 3.63) is 69.9 Å². The van der Waals surface area contributed by atoms with Gasteiger partial charge in [0.25, 0.3) is 11.6 Å². The van der Waals surface area contributed by atoms with Crippen LogP contribution in [0.1, 0.15) is 16.1 Å². The molecule has 2 N–H and O–H groups in total. The predicted octanol–water partition coefficient (Wildman–Crippen LogP) is 3.30. The van der Waals surface area contributed by atoms with E-state index in [4.69, 9.17) is 4.74 Å². The Kier molecular flexibility index (Phi) is 5.69. The van der Waals surface area contributed by atoms with E-state index in [9.17, 15) is 14.9 Å². The highest BCUT2D eigenvalue weighted by atomic mass is 16.6. The molecule has 0 aliphatic heterocycles. The smallest absolute Gasteiger partial charge is 0.295 e. The van der Waals surface area contributed by atoms with E-state index in [0.717, 1.165) is 5.69 Å². The molecule has 8 heteroatoms. The van der Waals surface area contributed by atoms with Crippen molar-refractivity contribution in [2.24, 2.45) is 0 Å². The fourth-order valence-electron chi connectivity index (χ4n) is 2.87. The maximum absolute atomic E-state index is 12.2. The number of benzene rings is 2. The van der Waals surface area contributed by atoms with E-state index in [-0.39, 0.29) is 11.6 Å². The minimum atomic E-state index is -0.437. The lowest BCUT2D eigenvalue weighted by Gasteiger charge is -2.12. The number of non-ortho nitro benzene ring substituents is 1. The second-order valence-corrected chi connectivity index (χ2v) is 6.15. The van der Waals surface area contributed by atoms with Gasteiger partial charge in [-0.05, 0) is 37.3 Å². The molecule has 2 aromatic carbocycles. The predicted molar refractivity (Wildman–Crippen MR) is 107 cm³/mol. The molecule has 0 spiro atoms. The van der Waals surface area contributed by atoms with Gasteiger partial charge in [0.1, 0.15) is 5.75 Å². The Balaban J connectivity index is 1.66. The molecule has 0 fully saturated rings. The van der Waals surface area contributed by atoms with Gasteiger partial charge in [-0.15, -0.1) is 0 Å². The van der Waals surface area contributed by atoms with Crippen molar-refractivity contribution in [1.82, 2.24) is 10.3 Å². The first-order valence-electron chi connectivity index (χ1n) is 8.70. The fraction of sp³-hybridized carbons (Fsp3) is 0.200. The number of rotatable bonds is 7. The van der Waals surface area contributed by atoms with Crippen LogP contribution in [0.4, 0.5) is 11.4 Å². The van der Waals surface area contributed by atoms with Gasteiger partial charge in [0.15, 0.2) is 5.52 Å². The van der Waals surface area contributed by atoms with Crippen LogP contribution in [0.25, 0.3) is 10.9 Å². The van der Waals surface area contributed by atoms with E-state index in [1.807, 2.05) is 6.07 Å². The third-order valence-electron chi connectivity index (χ3n) is 4.22. The van der Waals surface area contributed by atoms with Crippen molar-refractivity contribution >= 4 is 28.2 Å². The molecule has 1 heterocycles. The Morgan fingerprint density at radius 3 is 2.61 bits per heavy atom. The summed E-state index contributed by atoms with van der Waals surface area (Å²) in [5, 5.41) is 18.0. The molecule has 0 bridgehead atoms. The summed E-state index contributed by atoms with van der Waals surface area (Å²) in [5.41, 5.74) is 2.27. The third-order valence-corrected chi connectivity index (χ3v) is 4.22. The van der Waals surface area contributed by atoms with Crippen molar-refractivity contribution < 1.29 is 14.5 Å². The van der Waals surface area contributed by atoms with Crippen LogP contribution in [0.3, 0.4) is 0 Å². The average Bonchev–Trinajstić information content (AvgIpc) is 2.70. The molecule has 0 radical (unpaired) electrons. The summed E-state index contributed by atoms with van der Waals surface area (Å²) in [6.45, 7) is 2.64.